The van der Waals surface area contributed by atoms with Gasteiger partial charge in [0.15, 0.2) is 11.8 Å². The Labute approximate surface area is 182 Å². The molecule has 0 bridgehead atoms. The zero-order valence-electron chi connectivity index (χ0n) is 16.2. The summed E-state index contributed by atoms with van der Waals surface area (Å²) in [4.78, 5) is 10.8. The van der Waals surface area contributed by atoms with Gasteiger partial charge < -0.3 is 15.0 Å². The van der Waals surface area contributed by atoms with Crippen LogP contribution in [0.5, 0.6) is 5.75 Å². The molecule has 0 radical (unpaired) electrons. The monoisotopic (exact) mass is 492 g/mol. The van der Waals surface area contributed by atoms with Crippen molar-refractivity contribution in [1.82, 2.24) is 25.0 Å². The Kier molecular flexibility index (Phi) is 8.24. The second-order valence-electron chi connectivity index (χ2n) is 6.08. The smallest absolute Gasteiger partial charge is 0.193 e. The summed E-state index contributed by atoms with van der Waals surface area (Å²) in [6.07, 6.45) is 5.40. The van der Waals surface area contributed by atoms with Gasteiger partial charge in [-0.25, -0.2) is 9.67 Å². The Bertz CT molecular complexity index is 880. The van der Waals surface area contributed by atoms with Gasteiger partial charge in [-0.05, 0) is 41.5 Å². The molecule has 0 amide bonds. The third kappa shape index (κ3) is 5.69. The molecule has 0 spiro atoms. The van der Waals surface area contributed by atoms with Crippen molar-refractivity contribution in [3.8, 4) is 11.6 Å². The molecule has 1 N–H and O–H groups in total. The highest BCUT2D eigenvalue weighted by Gasteiger charge is 2.08. The van der Waals surface area contributed by atoms with E-state index in [9.17, 15) is 0 Å². The average Bonchev–Trinajstić information content (AvgIpc) is 3.24. The van der Waals surface area contributed by atoms with E-state index in [2.05, 4.69) is 37.4 Å². The third-order valence-electron chi connectivity index (χ3n) is 4.15. The number of aliphatic imine (C=N–C) groups is 1. The number of methoxy groups -OCH3 is 1. The molecule has 8 heteroatoms. The molecule has 7 nitrogen and oxygen atoms in total. The van der Waals surface area contributed by atoms with Crippen LogP contribution in [0.2, 0.25) is 0 Å². The summed E-state index contributed by atoms with van der Waals surface area (Å²) >= 11 is 0. The molecule has 0 aliphatic heterocycles. The van der Waals surface area contributed by atoms with Crippen LogP contribution in [0.25, 0.3) is 5.82 Å². The van der Waals surface area contributed by atoms with Crippen molar-refractivity contribution in [2.45, 2.75) is 13.1 Å². The summed E-state index contributed by atoms with van der Waals surface area (Å²) in [6.45, 7) is 1.40. The van der Waals surface area contributed by atoms with E-state index in [0.29, 0.717) is 6.54 Å². The Hall–Kier alpha value is -2.62. The largest absolute Gasteiger partial charge is 0.497 e. The minimum Gasteiger partial charge on any atom is -0.497 e. The van der Waals surface area contributed by atoms with Crippen LogP contribution in [0.3, 0.4) is 0 Å². The molecule has 3 rings (SSSR count). The van der Waals surface area contributed by atoms with E-state index in [4.69, 9.17) is 4.74 Å². The van der Waals surface area contributed by atoms with Gasteiger partial charge in [0, 0.05) is 45.8 Å². The van der Waals surface area contributed by atoms with Crippen molar-refractivity contribution in [2.24, 2.45) is 4.99 Å². The number of rotatable bonds is 6. The molecule has 0 fully saturated rings. The quantitative estimate of drug-likeness (QED) is 0.326. The zero-order valence-corrected chi connectivity index (χ0v) is 18.6. The molecule has 3 aromatic rings. The molecule has 0 aliphatic carbocycles. The molecule has 28 heavy (non-hydrogen) atoms. The summed E-state index contributed by atoms with van der Waals surface area (Å²) in [7, 11) is 5.47. The number of aromatic nitrogens is 3. The lowest BCUT2D eigenvalue weighted by atomic mass is 10.2. The highest BCUT2D eigenvalue weighted by atomic mass is 127. The third-order valence-corrected chi connectivity index (χ3v) is 4.15. The summed E-state index contributed by atoms with van der Waals surface area (Å²) < 4.78 is 6.95. The number of ether oxygens (including phenoxy) is 1. The number of nitrogens with zero attached hydrogens (tertiary/aromatic N) is 5. The summed E-state index contributed by atoms with van der Waals surface area (Å²) in [5.74, 6) is 2.47. The Morgan fingerprint density at radius 2 is 1.96 bits per heavy atom. The summed E-state index contributed by atoms with van der Waals surface area (Å²) in [5.41, 5.74) is 2.29. The predicted molar refractivity (Wildman–Crippen MR) is 121 cm³/mol. The first-order valence-electron chi connectivity index (χ1n) is 8.69. The molecule has 148 valence electrons. The van der Waals surface area contributed by atoms with Crippen LogP contribution in [0.15, 0.2) is 66.0 Å². The highest BCUT2D eigenvalue weighted by molar-refractivity contribution is 14.0. The Morgan fingerprint density at radius 3 is 2.61 bits per heavy atom. The van der Waals surface area contributed by atoms with E-state index < -0.39 is 0 Å². The van der Waals surface area contributed by atoms with E-state index >= 15 is 0 Å². The lowest BCUT2D eigenvalue weighted by molar-refractivity contribution is 0.414. The Balaban J connectivity index is 0.00000280. The summed E-state index contributed by atoms with van der Waals surface area (Å²) in [5, 5.41) is 7.61. The second kappa shape index (κ2) is 10.6. The number of benzene rings is 1. The minimum atomic E-state index is 0. The zero-order chi connectivity index (χ0) is 19.1. The maximum Gasteiger partial charge on any atom is 0.193 e. The molecule has 0 saturated heterocycles. The standard InChI is InChI=1S/C20H24N6O.HI/c1-21-20(25(2)15-16-5-7-18(27-3)8-6-16)23-14-17-9-11-22-19(13-17)26-12-4-10-24-26;/h4-13H,14-15H2,1-3H3,(H,21,23);1H. The number of halogens is 1. The molecular formula is C20H25IN6O. The fraction of sp³-hybridized carbons (Fsp3) is 0.250. The van der Waals surface area contributed by atoms with Crippen molar-refractivity contribution in [3.05, 3.63) is 72.2 Å². The van der Waals surface area contributed by atoms with E-state index in [0.717, 1.165) is 29.6 Å². The van der Waals surface area contributed by atoms with Gasteiger partial charge >= 0.3 is 0 Å². The Morgan fingerprint density at radius 1 is 1.18 bits per heavy atom. The van der Waals surface area contributed by atoms with E-state index in [-0.39, 0.29) is 24.0 Å². The van der Waals surface area contributed by atoms with Gasteiger partial charge in [0.2, 0.25) is 0 Å². The van der Waals surface area contributed by atoms with Crippen molar-refractivity contribution in [3.63, 3.8) is 0 Å². The van der Waals surface area contributed by atoms with Crippen LogP contribution in [0, 0.1) is 0 Å². The number of hydrogen-bond acceptors (Lipinski definition) is 4. The summed E-state index contributed by atoms with van der Waals surface area (Å²) in [6, 6.07) is 13.9. The molecule has 2 heterocycles. The van der Waals surface area contributed by atoms with Gasteiger partial charge in [-0.15, -0.1) is 24.0 Å². The van der Waals surface area contributed by atoms with Gasteiger partial charge in [-0.1, -0.05) is 12.1 Å². The molecule has 1 aromatic carbocycles. The maximum atomic E-state index is 5.21. The van der Waals surface area contributed by atoms with Crippen LogP contribution in [0.4, 0.5) is 0 Å². The van der Waals surface area contributed by atoms with Crippen LogP contribution in [-0.4, -0.2) is 46.8 Å². The second-order valence-corrected chi connectivity index (χ2v) is 6.08. The van der Waals surface area contributed by atoms with Crippen LogP contribution >= 0.6 is 24.0 Å². The molecule has 0 unspecified atom stereocenters. The van der Waals surface area contributed by atoms with Gasteiger partial charge in [-0.3, -0.25) is 4.99 Å². The first kappa shape index (κ1) is 21.7. The maximum absolute atomic E-state index is 5.21. The van der Waals surface area contributed by atoms with Gasteiger partial charge in [0.1, 0.15) is 5.75 Å². The van der Waals surface area contributed by atoms with E-state index in [1.165, 1.54) is 5.56 Å². The van der Waals surface area contributed by atoms with Crippen molar-refractivity contribution < 1.29 is 4.74 Å². The molecule has 0 atom stereocenters. The normalized spacial score (nSPS) is 10.9. The van der Waals surface area contributed by atoms with Crippen molar-refractivity contribution in [2.75, 3.05) is 21.2 Å². The average molecular weight is 492 g/mol. The fourth-order valence-corrected chi connectivity index (χ4v) is 2.75. The number of nitrogens with one attached hydrogen (secondary N) is 1. The number of guanidine groups is 1. The molecular weight excluding hydrogens is 467 g/mol. The predicted octanol–water partition coefficient (Wildman–Crippen LogP) is 3.10. The lowest BCUT2D eigenvalue weighted by Gasteiger charge is -2.22. The SMILES string of the molecule is CN=C(NCc1ccnc(-n2cccn2)c1)N(C)Cc1ccc(OC)cc1.I. The van der Waals surface area contributed by atoms with E-state index in [1.54, 1.807) is 31.2 Å². The molecule has 0 saturated carbocycles. The van der Waals surface area contributed by atoms with Crippen molar-refractivity contribution in [1.29, 1.82) is 0 Å². The lowest BCUT2D eigenvalue weighted by Crippen LogP contribution is -2.38. The molecule has 0 aliphatic rings. The fourth-order valence-electron chi connectivity index (χ4n) is 2.75. The number of pyridine rings is 1. The van der Waals surface area contributed by atoms with Crippen LogP contribution < -0.4 is 10.1 Å². The van der Waals surface area contributed by atoms with E-state index in [1.807, 2.05) is 43.6 Å². The molecule has 2 aromatic heterocycles. The van der Waals surface area contributed by atoms with Gasteiger partial charge in [-0.2, -0.15) is 5.10 Å². The van der Waals surface area contributed by atoms with Crippen LogP contribution in [-0.2, 0) is 13.1 Å². The topological polar surface area (TPSA) is 67.6 Å². The first-order chi connectivity index (χ1) is 13.2. The highest BCUT2D eigenvalue weighted by Crippen LogP contribution is 2.13. The first-order valence-corrected chi connectivity index (χ1v) is 8.69. The van der Waals surface area contributed by atoms with Gasteiger partial charge in [0.05, 0.1) is 7.11 Å². The minimum absolute atomic E-state index is 0. The van der Waals surface area contributed by atoms with Gasteiger partial charge in [0.25, 0.3) is 0 Å². The van der Waals surface area contributed by atoms with Crippen molar-refractivity contribution >= 4 is 29.9 Å². The van der Waals surface area contributed by atoms with Crippen LogP contribution in [0.1, 0.15) is 11.1 Å². The number of hydrogen-bond donors (Lipinski definition) is 1.